The quantitative estimate of drug-likeness (QED) is 0.252. The smallest absolute Gasteiger partial charge is 0.264 e. The van der Waals surface area contributed by atoms with E-state index >= 15 is 0 Å². The summed E-state index contributed by atoms with van der Waals surface area (Å²) in [7, 11) is -2.24. The summed E-state index contributed by atoms with van der Waals surface area (Å²) in [6, 6.07) is 11.7. The first kappa shape index (κ1) is 37.4. The molecule has 3 aliphatic heterocycles. The summed E-state index contributed by atoms with van der Waals surface area (Å²) >= 11 is 10.5. The summed E-state index contributed by atoms with van der Waals surface area (Å²) in [6.45, 7) is 6.64. The van der Waals surface area contributed by atoms with E-state index < -0.39 is 26.8 Å². The highest BCUT2D eigenvalue weighted by Crippen LogP contribution is 2.52. The van der Waals surface area contributed by atoms with Crippen LogP contribution in [0.5, 0.6) is 5.75 Å². The fraction of sp³-hybridized carbons (Fsp3) is 0.615. The summed E-state index contributed by atoms with van der Waals surface area (Å²) in [6.07, 6.45) is 10.1. The number of nitrogens with one attached hydrogen (secondary N) is 1. The Morgan fingerprint density at radius 1 is 1.12 bits per heavy atom. The van der Waals surface area contributed by atoms with Crippen LogP contribution >= 0.6 is 35.1 Å². The number of hydrogen-bond acceptors (Lipinski definition) is 9. The maximum Gasteiger partial charge on any atom is 0.264 e. The molecule has 12 heteroatoms. The zero-order valence-electron chi connectivity index (χ0n) is 29.9. The number of carbonyl (C=O) groups is 1. The molecule has 2 fully saturated rings. The minimum atomic E-state index is -3.96. The number of rotatable bonds is 5. The van der Waals surface area contributed by atoms with Crippen molar-refractivity contribution in [1.82, 2.24) is 4.72 Å². The normalized spacial score (nSPS) is 34.2. The van der Waals surface area contributed by atoms with Gasteiger partial charge in [0.1, 0.15) is 11.4 Å². The lowest BCUT2D eigenvalue weighted by atomic mass is 9.62. The number of hydrogen-bond donors (Lipinski definition) is 1. The van der Waals surface area contributed by atoms with Gasteiger partial charge in [0.2, 0.25) is 10.0 Å². The van der Waals surface area contributed by atoms with Crippen LogP contribution in [0.25, 0.3) is 0 Å². The predicted molar refractivity (Wildman–Crippen MR) is 209 cm³/mol. The predicted octanol–water partition coefficient (Wildman–Crippen LogP) is 7.13. The largest absolute Gasteiger partial charge is 0.490 e. The number of ether oxygens (including phenoxy) is 3. The molecule has 278 valence electrons. The number of methoxy groups -OCH3 is 1. The first-order chi connectivity index (χ1) is 24.5. The number of carbonyl (C=O) groups excluding carboxylic acids is 1. The lowest BCUT2D eigenvalue weighted by Gasteiger charge is -2.54. The molecular formula is C39H51ClN2O6S3. The van der Waals surface area contributed by atoms with E-state index in [1.54, 1.807) is 20.1 Å². The van der Waals surface area contributed by atoms with E-state index in [9.17, 15) is 13.2 Å². The number of halogens is 1. The van der Waals surface area contributed by atoms with Gasteiger partial charge in [-0.3, -0.25) is 4.79 Å². The summed E-state index contributed by atoms with van der Waals surface area (Å²) in [5, 5.41) is 0.232. The van der Waals surface area contributed by atoms with Gasteiger partial charge in [-0.15, -0.1) is 0 Å². The van der Waals surface area contributed by atoms with Gasteiger partial charge in [0.25, 0.3) is 5.91 Å². The van der Waals surface area contributed by atoms with E-state index in [1.165, 1.54) is 11.1 Å². The molecule has 1 saturated heterocycles. The summed E-state index contributed by atoms with van der Waals surface area (Å²) in [4.78, 5) is 16.1. The number of sulfonamides is 1. The topological polar surface area (TPSA) is 94.2 Å². The Morgan fingerprint density at radius 2 is 1.98 bits per heavy atom. The molecule has 2 aromatic rings. The van der Waals surface area contributed by atoms with Crippen LogP contribution in [0.1, 0.15) is 67.4 Å². The van der Waals surface area contributed by atoms with Crippen LogP contribution in [-0.4, -0.2) is 87.7 Å². The first-order valence-corrected chi connectivity index (χ1v) is 22.5. The molecule has 3 heterocycles. The first-order valence-electron chi connectivity index (χ1n) is 18.4. The fourth-order valence-electron chi connectivity index (χ4n) is 8.93. The van der Waals surface area contributed by atoms with Crippen molar-refractivity contribution < 1.29 is 27.4 Å². The average Bonchev–Trinajstić information content (AvgIpc) is 3.26. The van der Waals surface area contributed by atoms with E-state index in [2.05, 4.69) is 33.9 Å². The zero-order chi connectivity index (χ0) is 35.8. The van der Waals surface area contributed by atoms with Crippen LogP contribution in [0.2, 0.25) is 5.02 Å². The van der Waals surface area contributed by atoms with Crippen LogP contribution in [-0.2, 0) is 31.3 Å². The van der Waals surface area contributed by atoms with Gasteiger partial charge in [-0.05, 0) is 105 Å². The third-order valence-electron chi connectivity index (χ3n) is 12.1. The molecule has 8 nitrogen and oxygen atoms in total. The maximum atomic E-state index is 13.6. The van der Waals surface area contributed by atoms with Crippen LogP contribution in [0.3, 0.4) is 0 Å². The van der Waals surface area contributed by atoms with Crippen molar-refractivity contribution in [3.8, 4) is 5.75 Å². The Balaban J connectivity index is 1.34. The number of amides is 1. The van der Waals surface area contributed by atoms with Crippen molar-refractivity contribution in [1.29, 1.82) is 0 Å². The maximum absolute atomic E-state index is 13.6. The number of nitrogens with zero attached hydrogens (tertiary/aromatic N) is 1. The molecule has 2 aliphatic carbocycles. The number of thioether (sulfide) groups is 2. The number of benzene rings is 2. The van der Waals surface area contributed by atoms with E-state index in [1.807, 2.05) is 48.6 Å². The van der Waals surface area contributed by atoms with E-state index in [4.69, 9.17) is 25.8 Å². The molecule has 51 heavy (non-hydrogen) atoms. The lowest BCUT2D eigenvalue weighted by molar-refractivity contribution is -0.106. The van der Waals surface area contributed by atoms with Crippen molar-refractivity contribution in [2.24, 2.45) is 17.8 Å². The van der Waals surface area contributed by atoms with Crippen molar-refractivity contribution in [2.75, 3.05) is 62.2 Å². The molecule has 7 atom stereocenters. The second-order valence-electron chi connectivity index (χ2n) is 15.2. The molecule has 1 N–H and O–H groups in total. The molecule has 1 unspecified atom stereocenters. The molecular weight excluding hydrogens is 724 g/mol. The minimum absolute atomic E-state index is 0.220. The highest BCUT2D eigenvalue weighted by atomic mass is 35.5. The molecule has 5 aliphatic rings. The van der Waals surface area contributed by atoms with E-state index in [0.29, 0.717) is 43.5 Å². The number of allylic oxidation sites excluding steroid dienone is 1. The Morgan fingerprint density at radius 3 is 2.75 bits per heavy atom. The molecule has 2 aromatic carbocycles. The molecule has 1 saturated carbocycles. The number of fused-ring (bicyclic) bond motifs is 4. The SMILES string of the molecule is COCCO[C@@]1(C2CSCCS2)/C=C/C[C@H](C)[C@@H](C)S(=O)(=O)NC(=O)c2ccc3c(c2)N(C[C@@H]2CC[C@H]21)C[C@@]1(CCCc2cc(Cl)ccc21)CO3. The van der Waals surface area contributed by atoms with Crippen LogP contribution in [0, 0.1) is 17.8 Å². The van der Waals surface area contributed by atoms with Crippen LogP contribution in [0.15, 0.2) is 48.6 Å². The standard InChI is InChI=1S/C39H51ClN2O6S3/c1-26-6-4-15-39(48-17-16-46-3,36-23-49-18-19-50-36)33-11-8-30(33)22-42-24-38(14-5-7-28-20-31(40)10-12-32(28)38)25-47-35-13-9-29(21-34(35)42)37(43)41-51(44,45)27(26)2/h4,9-10,12-13,15,20-21,26-27,30,33,36H,5-8,11,14,16-19,22-25H2,1-3H3,(H,41,43)/b15-4+/t26-,27+,30-,33+,36?,38-,39-/m0/s1. The van der Waals surface area contributed by atoms with E-state index in [0.717, 1.165) is 73.2 Å². The highest BCUT2D eigenvalue weighted by molar-refractivity contribution is 8.06. The average molecular weight is 775 g/mol. The monoisotopic (exact) mass is 774 g/mol. The minimum Gasteiger partial charge on any atom is -0.490 e. The van der Waals surface area contributed by atoms with Crippen molar-refractivity contribution in [3.63, 3.8) is 0 Å². The van der Waals surface area contributed by atoms with Gasteiger partial charge < -0.3 is 19.1 Å². The van der Waals surface area contributed by atoms with Gasteiger partial charge >= 0.3 is 0 Å². The van der Waals surface area contributed by atoms with Gasteiger partial charge in [-0.1, -0.05) is 36.7 Å². The molecule has 2 bridgehead atoms. The summed E-state index contributed by atoms with van der Waals surface area (Å²) in [5.41, 5.74) is 2.91. The van der Waals surface area contributed by atoms with Gasteiger partial charge in [-0.2, -0.15) is 23.5 Å². The zero-order valence-corrected chi connectivity index (χ0v) is 33.1. The Bertz CT molecular complexity index is 1740. The molecule has 1 amide bonds. The third-order valence-corrected chi connectivity index (χ3v) is 17.2. The molecule has 0 aromatic heterocycles. The lowest BCUT2D eigenvalue weighted by Crippen LogP contribution is -2.58. The van der Waals surface area contributed by atoms with Crippen molar-refractivity contribution >= 4 is 56.7 Å². The Labute approximate surface area is 317 Å². The second-order valence-corrected chi connectivity index (χ2v) is 20.1. The van der Waals surface area contributed by atoms with Gasteiger partial charge in [-0.25, -0.2) is 13.1 Å². The summed E-state index contributed by atoms with van der Waals surface area (Å²) in [5.74, 6) is 3.69. The van der Waals surface area contributed by atoms with Gasteiger partial charge in [0.05, 0.1) is 30.8 Å². The molecule has 0 radical (unpaired) electrons. The van der Waals surface area contributed by atoms with Crippen molar-refractivity contribution in [2.45, 2.75) is 73.9 Å². The number of aryl methyl sites for hydroxylation is 1. The summed E-state index contributed by atoms with van der Waals surface area (Å²) < 4.78 is 48.9. The fourth-order valence-corrected chi connectivity index (χ4v) is 13.5. The van der Waals surface area contributed by atoms with Gasteiger partial charge in [0, 0.05) is 58.7 Å². The second kappa shape index (κ2) is 15.5. The highest BCUT2D eigenvalue weighted by Gasteiger charge is 2.53. The van der Waals surface area contributed by atoms with Crippen molar-refractivity contribution in [3.05, 3.63) is 70.3 Å². The molecule has 1 spiro atoms. The molecule has 7 rings (SSSR count). The van der Waals surface area contributed by atoms with Gasteiger partial charge in [0.15, 0.2) is 0 Å². The van der Waals surface area contributed by atoms with Crippen LogP contribution in [0.4, 0.5) is 5.69 Å². The Kier molecular flexibility index (Phi) is 11.3. The van der Waals surface area contributed by atoms with Crippen LogP contribution < -0.4 is 14.4 Å². The Hall–Kier alpha value is -1.89. The van der Waals surface area contributed by atoms with E-state index in [-0.39, 0.29) is 22.5 Å². The number of anilines is 1. The third kappa shape index (κ3) is 7.46.